The van der Waals surface area contributed by atoms with Crippen molar-refractivity contribution in [2.24, 2.45) is 0 Å². The number of carbonyl (C=O) groups is 1. The van der Waals surface area contributed by atoms with E-state index in [-0.39, 0.29) is 0 Å². The molecule has 0 unspecified atom stereocenters. The Labute approximate surface area is 124 Å². The molecule has 0 heterocycles. The molecule has 0 aliphatic rings. The van der Waals surface area contributed by atoms with Gasteiger partial charge in [0.25, 0.3) is 11.4 Å². The Bertz CT molecular complexity index is 726. The number of nitrogens with zero attached hydrogens (tertiary/aromatic N) is 2. The van der Waals surface area contributed by atoms with E-state index >= 15 is 0 Å². The first kappa shape index (κ1) is 17.5. The maximum absolute atomic E-state index is 12.1. The van der Waals surface area contributed by atoms with Gasteiger partial charge in [0.05, 0.1) is 22.0 Å². The fraction of sp³-hybridized carbons (Fsp3) is 0.364. The van der Waals surface area contributed by atoms with Gasteiger partial charge >= 0.3 is 5.97 Å². The molecule has 11 heteroatoms. The summed E-state index contributed by atoms with van der Waals surface area (Å²) in [6.45, 7) is 3.03. The van der Waals surface area contributed by atoms with Gasteiger partial charge in [0.15, 0.2) is 15.6 Å². The molecule has 0 N–H and O–H groups in total. The molecule has 0 saturated carbocycles. The molecule has 0 aliphatic carbocycles. The Morgan fingerprint density at radius 3 is 2.27 bits per heavy atom. The minimum absolute atomic E-state index is 0.528. The topological polar surface area (TPSA) is 147 Å². The summed E-state index contributed by atoms with van der Waals surface area (Å²) < 4.78 is 28.8. The van der Waals surface area contributed by atoms with Crippen LogP contribution in [0.2, 0.25) is 0 Å². The second-order valence-corrected chi connectivity index (χ2v) is 6.42. The van der Waals surface area contributed by atoms with Crippen molar-refractivity contribution in [3.8, 4) is 0 Å². The molecule has 1 aromatic carbocycles. The summed E-state index contributed by atoms with van der Waals surface area (Å²) in [7, 11) is -4.36. The highest BCUT2D eigenvalue weighted by Gasteiger charge is 2.31. The molecule has 0 fully saturated rings. The summed E-state index contributed by atoms with van der Waals surface area (Å²) in [5.74, 6) is -2.16. The standard InChI is InChI=1S/C11H12N2O8S/c1-7(2)21-11(14)6-22(19,20)10-4-3-8(12(15)16)5-9(10)13(17)18/h3-5,7H,6H2,1-2H3. The summed E-state index contributed by atoms with van der Waals surface area (Å²) in [5.41, 5.74) is -1.60. The number of carbonyl (C=O) groups excluding carboxylic acids is 1. The van der Waals surface area contributed by atoms with E-state index < -0.39 is 53.8 Å². The Kier molecular flexibility index (Phi) is 5.14. The summed E-state index contributed by atoms with van der Waals surface area (Å²) in [6.07, 6.45) is -0.547. The molecular formula is C11H12N2O8S. The number of sulfone groups is 1. The summed E-state index contributed by atoms with van der Waals surface area (Å²) in [6, 6.07) is 2.07. The van der Waals surface area contributed by atoms with E-state index in [0.29, 0.717) is 6.07 Å². The van der Waals surface area contributed by atoms with Crippen molar-refractivity contribution in [3.05, 3.63) is 38.4 Å². The van der Waals surface area contributed by atoms with Crippen LogP contribution in [0.25, 0.3) is 0 Å². The van der Waals surface area contributed by atoms with Crippen molar-refractivity contribution < 1.29 is 27.8 Å². The second kappa shape index (κ2) is 6.47. The molecule has 22 heavy (non-hydrogen) atoms. The summed E-state index contributed by atoms with van der Waals surface area (Å²) in [5, 5.41) is 21.5. The minimum Gasteiger partial charge on any atom is -0.462 e. The lowest BCUT2D eigenvalue weighted by Crippen LogP contribution is -2.22. The number of nitro benzene ring substituents is 2. The van der Waals surface area contributed by atoms with E-state index in [1.54, 1.807) is 0 Å². The monoisotopic (exact) mass is 332 g/mol. The van der Waals surface area contributed by atoms with Gasteiger partial charge in [-0.2, -0.15) is 0 Å². The van der Waals surface area contributed by atoms with Gasteiger partial charge in [-0.25, -0.2) is 8.42 Å². The number of rotatable bonds is 6. The Hall–Kier alpha value is -2.56. The van der Waals surface area contributed by atoms with Crippen LogP contribution in [0.4, 0.5) is 11.4 Å². The Morgan fingerprint density at radius 2 is 1.82 bits per heavy atom. The van der Waals surface area contributed by atoms with E-state index in [2.05, 4.69) is 4.74 Å². The molecule has 10 nitrogen and oxygen atoms in total. The number of nitro groups is 2. The molecule has 0 saturated heterocycles. The van der Waals surface area contributed by atoms with Crippen molar-refractivity contribution in [2.75, 3.05) is 5.75 Å². The number of hydrogen-bond donors (Lipinski definition) is 0. The predicted octanol–water partition coefficient (Wildman–Crippen LogP) is 1.23. The predicted molar refractivity (Wildman–Crippen MR) is 73.0 cm³/mol. The van der Waals surface area contributed by atoms with E-state index in [0.717, 1.165) is 12.1 Å². The first-order chi connectivity index (χ1) is 10.0. The first-order valence-electron chi connectivity index (χ1n) is 5.89. The fourth-order valence-electron chi connectivity index (χ4n) is 1.55. The molecule has 0 radical (unpaired) electrons. The molecule has 1 aromatic rings. The lowest BCUT2D eigenvalue weighted by Gasteiger charge is -2.08. The quantitative estimate of drug-likeness (QED) is 0.429. The van der Waals surface area contributed by atoms with Crippen molar-refractivity contribution in [3.63, 3.8) is 0 Å². The SMILES string of the molecule is CC(C)OC(=O)CS(=O)(=O)c1ccc([N+](=O)[O-])cc1[N+](=O)[O-]. The van der Waals surface area contributed by atoms with Crippen molar-refractivity contribution in [2.45, 2.75) is 24.8 Å². The first-order valence-corrected chi connectivity index (χ1v) is 7.55. The average molecular weight is 332 g/mol. The third-order valence-corrected chi connectivity index (χ3v) is 3.99. The average Bonchev–Trinajstić information content (AvgIpc) is 2.35. The normalized spacial score (nSPS) is 11.2. The van der Waals surface area contributed by atoms with Crippen LogP contribution in [0.15, 0.2) is 23.1 Å². The van der Waals surface area contributed by atoms with Crippen molar-refractivity contribution >= 4 is 27.2 Å². The van der Waals surface area contributed by atoms with Crippen molar-refractivity contribution in [1.29, 1.82) is 0 Å². The second-order valence-electron chi connectivity index (χ2n) is 4.46. The number of non-ortho nitro benzene ring substituents is 1. The van der Waals surface area contributed by atoms with E-state index in [9.17, 15) is 33.4 Å². The largest absolute Gasteiger partial charge is 0.462 e. The van der Waals surface area contributed by atoms with Gasteiger partial charge in [-0.3, -0.25) is 25.0 Å². The van der Waals surface area contributed by atoms with E-state index in [1.807, 2.05) is 0 Å². The minimum atomic E-state index is -4.36. The van der Waals surface area contributed by atoms with Gasteiger partial charge < -0.3 is 4.74 Å². The maximum atomic E-state index is 12.1. The Morgan fingerprint density at radius 1 is 1.23 bits per heavy atom. The van der Waals surface area contributed by atoms with Crippen LogP contribution in [0.5, 0.6) is 0 Å². The smallest absolute Gasteiger partial charge is 0.321 e. The third kappa shape index (κ3) is 4.22. The zero-order chi connectivity index (χ0) is 17.1. The summed E-state index contributed by atoms with van der Waals surface area (Å²) in [4.78, 5) is 30.2. The zero-order valence-electron chi connectivity index (χ0n) is 11.6. The molecule has 0 aliphatic heterocycles. The van der Waals surface area contributed by atoms with Gasteiger partial charge in [-0.05, 0) is 19.9 Å². The molecular weight excluding hydrogens is 320 g/mol. The van der Waals surface area contributed by atoms with Crippen LogP contribution < -0.4 is 0 Å². The van der Waals surface area contributed by atoms with Crippen LogP contribution in [-0.2, 0) is 19.4 Å². The maximum Gasteiger partial charge on any atom is 0.321 e. The summed E-state index contributed by atoms with van der Waals surface area (Å²) >= 11 is 0. The third-order valence-electron chi connectivity index (χ3n) is 2.36. The van der Waals surface area contributed by atoms with Crippen molar-refractivity contribution in [1.82, 2.24) is 0 Å². The lowest BCUT2D eigenvalue weighted by molar-refractivity contribution is -0.396. The highest BCUT2D eigenvalue weighted by molar-refractivity contribution is 7.92. The molecule has 0 bridgehead atoms. The highest BCUT2D eigenvalue weighted by atomic mass is 32.2. The van der Waals surface area contributed by atoms with Crippen LogP contribution >= 0.6 is 0 Å². The molecule has 0 spiro atoms. The van der Waals surface area contributed by atoms with Gasteiger partial charge in [0, 0.05) is 6.07 Å². The lowest BCUT2D eigenvalue weighted by atomic mass is 10.3. The van der Waals surface area contributed by atoms with Crippen LogP contribution in [0.1, 0.15) is 13.8 Å². The molecule has 120 valence electrons. The molecule has 0 aromatic heterocycles. The Balaban J connectivity index is 3.27. The van der Waals surface area contributed by atoms with E-state index in [1.165, 1.54) is 13.8 Å². The number of esters is 1. The fourth-order valence-corrected chi connectivity index (χ4v) is 2.82. The van der Waals surface area contributed by atoms with Gasteiger partial charge in [-0.1, -0.05) is 0 Å². The van der Waals surface area contributed by atoms with Crippen LogP contribution in [0.3, 0.4) is 0 Å². The van der Waals surface area contributed by atoms with Gasteiger partial charge in [0.1, 0.15) is 4.90 Å². The number of benzene rings is 1. The van der Waals surface area contributed by atoms with Gasteiger partial charge in [0.2, 0.25) is 0 Å². The van der Waals surface area contributed by atoms with E-state index in [4.69, 9.17) is 0 Å². The molecule has 1 rings (SSSR count). The zero-order valence-corrected chi connectivity index (χ0v) is 12.4. The number of ether oxygens (including phenoxy) is 1. The molecule has 0 atom stereocenters. The highest BCUT2D eigenvalue weighted by Crippen LogP contribution is 2.29. The number of hydrogen-bond acceptors (Lipinski definition) is 8. The molecule has 0 amide bonds. The van der Waals surface area contributed by atoms with Gasteiger partial charge in [-0.15, -0.1) is 0 Å². The van der Waals surface area contributed by atoms with Crippen LogP contribution in [-0.4, -0.2) is 36.1 Å². The van der Waals surface area contributed by atoms with Crippen LogP contribution in [0, 0.1) is 20.2 Å².